The van der Waals surface area contributed by atoms with Crippen molar-refractivity contribution in [2.75, 3.05) is 6.54 Å². The molecular weight excluding hydrogens is 210 g/mol. The molecule has 16 heavy (non-hydrogen) atoms. The topological polar surface area (TPSA) is 12.0 Å². The van der Waals surface area contributed by atoms with Gasteiger partial charge in [-0.25, -0.2) is 0 Å². The van der Waals surface area contributed by atoms with Crippen LogP contribution in [0.4, 0.5) is 0 Å². The van der Waals surface area contributed by atoms with E-state index >= 15 is 0 Å². The first kappa shape index (κ1) is 13.5. The van der Waals surface area contributed by atoms with Crippen molar-refractivity contribution >= 4 is 8.07 Å². The molecule has 1 atom stereocenters. The van der Waals surface area contributed by atoms with Crippen LogP contribution in [-0.4, -0.2) is 14.6 Å². The Morgan fingerprint density at radius 1 is 1.12 bits per heavy atom. The molecule has 1 nitrogen and oxygen atoms in total. The Bertz CT molecular complexity index is 289. The third-order valence-corrected chi connectivity index (χ3v) is 4.55. The Morgan fingerprint density at radius 3 is 2.31 bits per heavy atom. The van der Waals surface area contributed by atoms with Crippen LogP contribution in [0, 0.1) is 5.92 Å². The van der Waals surface area contributed by atoms with Crippen LogP contribution in [0.3, 0.4) is 0 Å². The van der Waals surface area contributed by atoms with E-state index in [1.165, 1.54) is 11.6 Å². The zero-order chi connectivity index (χ0) is 12.0. The summed E-state index contributed by atoms with van der Waals surface area (Å²) in [5.74, 6) is 0.801. The van der Waals surface area contributed by atoms with Crippen LogP contribution in [0.1, 0.15) is 12.5 Å². The second-order valence-electron chi connectivity index (χ2n) is 5.99. The molecule has 0 aliphatic rings. The fourth-order valence-corrected chi connectivity index (χ4v) is 4.41. The SMILES string of the molecule is CC(CNCc1ccccc1)C[Si](C)(C)C. The summed E-state index contributed by atoms with van der Waals surface area (Å²) in [6, 6.07) is 12.0. The molecule has 2 heteroatoms. The van der Waals surface area contributed by atoms with Gasteiger partial charge in [-0.2, -0.15) is 0 Å². The van der Waals surface area contributed by atoms with Crippen molar-refractivity contribution < 1.29 is 0 Å². The van der Waals surface area contributed by atoms with E-state index in [9.17, 15) is 0 Å². The lowest BCUT2D eigenvalue weighted by molar-refractivity contribution is 0.546. The van der Waals surface area contributed by atoms with Gasteiger partial charge in [-0.15, -0.1) is 0 Å². The maximum atomic E-state index is 3.55. The Kier molecular flexibility index (Phi) is 5.23. The maximum absolute atomic E-state index is 3.55. The highest BCUT2D eigenvalue weighted by Crippen LogP contribution is 2.15. The van der Waals surface area contributed by atoms with Gasteiger partial charge >= 0.3 is 0 Å². The molecule has 1 aromatic carbocycles. The van der Waals surface area contributed by atoms with Crippen molar-refractivity contribution in [3.8, 4) is 0 Å². The maximum Gasteiger partial charge on any atom is 0.0445 e. The highest BCUT2D eigenvalue weighted by molar-refractivity contribution is 6.76. The second kappa shape index (κ2) is 6.21. The molecule has 1 rings (SSSR count). The predicted octanol–water partition coefficient (Wildman–Crippen LogP) is 3.75. The minimum atomic E-state index is -0.890. The predicted molar refractivity (Wildman–Crippen MR) is 75.5 cm³/mol. The van der Waals surface area contributed by atoms with Gasteiger partial charge in [-0.3, -0.25) is 0 Å². The van der Waals surface area contributed by atoms with Gasteiger partial charge in [0.2, 0.25) is 0 Å². The molecule has 0 saturated heterocycles. The van der Waals surface area contributed by atoms with Gasteiger partial charge in [-0.05, 0) is 18.0 Å². The smallest absolute Gasteiger partial charge is 0.0445 e. The largest absolute Gasteiger partial charge is 0.312 e. The van der Waals surface area contributed by atoms with Crippen LogP contribution < -0.4 is 5.32 Å². The highest BCUT2D eigenvalue weighted by Gasteiger charge is 2.16. The van der Waals surface area contributed by atoms with E-state index in [4.69, 9.17) is 0 Å². The first-order valence-corrected chi connectivity index (χ1v) is 9.93. The molecule has 0 aliphatic heterocycles. The Labute approximate surface area is 101 Å². The quantitative estimate of drug-likeness (QED) is 0.741. The van der Waals surface area contributed by atoms with Crippen molar-refractivity contribution in [1.82, 2.24) is 5.32 Å². The van der Waals surface area contributed by atoms with Gasteiger partial charge in [0.15, 0.2) is 0 Å². The first-order chi connectivity index (χ1) is 7.47. The molecule has 1 aromatic rings. The average molecular weight is 235 g/mol. The summed E-state index contributed by atoms with van der Waals surface area (Å²) >= 11 is 0. The minimum absolute atomic E-state index is 0.801. The number of nitrogens with one attached hydrogen (secondary N) is 1. The van der Waals surface area contributed by atoms with Gasteiger partial charge in [0, 0.05) is 14.6 Å². The highest BCUT2D eigenvalue weighted by atomic mass is 28.3. The standard InChI is InChI=1S/C14H25NSi/c1-13(12-16(2,3)4)10-15-11-14-8-6-5-7-9-14/h5-9,13,15H,10-12H2,1-4H3. The van der Waals surface area contributed by atoms with Crippen molar-refractivity contribution in [2.24, 2.45) is 5.92 Å². The fraction of sp³-hybridized carbons (Fsp3) is 0.571. The van der Waals surface area contributed by atoms with Crippen molar-refractivity contribution in [3.63, 3.8) is 0 Å². The van der Waals surface area contributed by atoms with Gasteiger partial charge in [0.25, 0.3) is 0 Å². The van der Waals surface area contributed by atoms with Crippen LogP contribution >= 0.6 is 0 Å². The Balaban J connectivity index is 2.21. The molecule has 1 unspecified atom stereocenters. The molecule has 0 heterocycles. The van der Waals surface area contributed by atoms with E-state index in [0.717, 1.165) is 19.0 Å². The fourth-order valence-electron chi connectivity index (χ4n) is 2.18. The third-order valence-electron chi connectivity index (χ3n) is 2.63. The zero-order valence-electron chi connectivity index (χ0n) is 11.1. The van der Waals surface area contributed by atoms with E-state index in [-0.39, 0.29) is 0 Å². The van der Waals surface area contributed by atoms with Crippen LogP contribution in [-0.2, 0) is 6.54 Å². The Hall–Kier alpha value is -0.603. The summed E-state index contributed by atoms with van der Waals surface area (Å²) in [4.78, 5) is 0. The van der Waals surface area contributed by atoms with Crippen molar-refractivity contribution in [1.29, 1.82) is 0 Å². The summed E-state index contributed by atoms with van der Waals surface area (Å²) in [5.41, 5.74) is 1.38. The molecular formula is C14H25NSi. The lowest BCUT2D eigenvalue weighted by Gasteiger charge is -2.21. The molecule has 0 saturated carbocycles. The number of hydrogen-bond acceptors (Lipinski definition) is 1. The van der Waals surface area contributed by atoms with Gasteiger partial charge in [0.05, 0.1) is 0 Å². The number of benzene rings is 1. The minimum Gasteiger partial charge on any atom is -0.312 e. The van der Waals surface area contributed by atoms with Crippen molar-refractivity contribution in [3.05, 3.63) is 35.9 Å². The monoisotopic (exact) mass is 235 g/mol. The molecule has 0 aromatic heterocycles. The number of rotatable bonds is 6. The summed E-state index contributed by atoms with van der Waals surface area (Å²) in [7, 11) is -0.890. The van der Waals surface area contributed by atoms with E-state index in [2.05, 4.69) is 62.2 Å². The molecule has 0 fully saturated rings. The van der Waals surface area contributed by atoms with Crippen molar-refractivity contribution in [2.45, 2.75) is 39.2 Å². The zero-order valence-corrected chi connectivity index (χ0v) is 12.1. The normalized spacial score (nSPS) is 13.8. The molecule has 90 valence electrons. The van der Waals surface area contributed by atoms with Crippen LogP contribution in [0.25, 0.3) is 0 Å². The molecule has 0 bridgehead atoms. The molecule has 0 amide bonds. The summed E-state index contributed by atoms with van der Waals surface area (Å²) in [6.07, 6.45) is 0. The second-order valence-corrected chi connectivity index (χ2v) is 11.5. The first-order valence-electron chi connectivity index (χ1n) is 6.22. The lowest BCUT2D eigenvalue weighted by atomic mass is 10.2. The summed E-state index contributed by atoms with van der Waals surface area (Å²) in [5, 5.41) is 3.55. The van der Waals surface area contributed by atoms with Gasteiger partial charge < -0.3 is 5.32 Å². The average Bonchev–Trinajstić information content (AvgIpc) is 2.16. The molecule has 0 spiro atoms. The van der Waals surface area contributed by atoms with Gasteiger partial charge in [0.1, 0.15) is 0 Å². The summed E-state index contributed by atoms with van der Waals surface area (Å²) < 4.78 is 0. The van der Waals surface area contributed by atoms with E-state index in [1.807, 2.05) is 0 Å². The summed E-state index contributed by atoms with van der Waals surface area (Å²) in [6.45, 7) is 11.8. The lowest BCUT2D eigenvalue weighted by Crippen LogP contribution is -2.28. The van der Waals surface area contributed by atoms with E-state index in [1.54, 1.807) is 0 Å². The van der Waals surface area contributed by atoms with Crippen LogP contribution in [0.15, 0.2) is 30.3 Å². The molecule has 0 radical (unpaired) electrons. The van der Waals surface area contributed by atoms with Gasteiger partial charge in [-0.1, -0.05) is 62.9 Å². The third kappa shape index (κ3) is 6.08. The van der Waals surface area contributed by atoms with Crippen LogP contribution in [0.2, 0.25) is 25.7 Å². The molecule has 1 N–H and O–H groups in total. The number of hydrogen-bond donors (Lipinski definition) is 1. The Morgan fingerprint density at radius 2 is 1.75 bits per heavy atom. The molecule has 0 aliphatic carbocycles. The van der Waals surface area contributed by atoms with E-state index in [0.29, 0.717) is 0 Å². The van der Waals surface area contributed by atoms with Crippen LogP contribution in [0.5, 0.6) is 0 Å². The van der Waals surface area contributed by atoms with E-state index < -0.39 is 8.07 Å².